The lowest BCUT2D eigenvalue weighted by atomic mass is 10.1. The number of esters is 1. The molecule has 0 atom stereocenters. The zero-order valence-corrected chi connectivity index (χ0v) is 23.1. The maximum Gasteiger partial charge on any atom is 0.337 e. The number of amides is 1. The predicted molar refractivity (Wildman–Crippen MR) is 149 cm³/mol. The minimum absolute atomic E-state index is 0.195. The van der Waals surface area contributed by atoms with E-state index in [1.165, 1.54) is 30.9 Å². The van der Waals surface area contributed by atoms with Gasteiger partial charge in [-0.25, -0.2) is 9.79 Å². The van der Waals surface area contributed by atoms with E-state index in [0.717, 1.165) is 11.1 Å². The van der Waals surface area contributed by atoms with Gasteiger partial charge in [0.25, 0.3) is 5.91 Å². The predicted octanol–water partition coefficient (Wildman–Crippen LogP) is 5.93. The fraction of sp³-hybridized carbons (Fsp3) is 0.143. The summed E-state index contributed by atoms with van der Waals surface area (Å²) in [6, 6.07) is 19.6. The number of hydrogen-bond acceptors (Lipinski definition) is 8. The Morgan fingerprint density at radius 3 is 2.55 bits per heavy atom. The van der Waals surface area contributed by atoms with Crippen LogP contribution in [-0.4, -0.2) is 43.2 Å². The van der Waals surface area contributed by atoms with Crippen LogP contribution in [0.25, 0.3) is 6.08 Å². The number of carbonyl (C=O) groups excluding carboxylic acids is 2. The van der Waals surface area contributed by atoms with Crippen LogP contribution in [-0.2, 0) is 16.1 Å². The molecule has 3 aromatic rings. The van der Waals surface area contributed by atoms with Gasteiger partial charge in [0.1, 0.15) is 6.61 Å². The maximum atomic E-state index is 12.9. The lowest BCUT2D eigenvalue weighted by Crippen LogP contribution is -2.23. The summed E-state index contributed by atoms with van der Waals surface area (Å²) in [5.41, 5.74) is 3.05. The molecule has 0 N–H and O–H groups in total. The fourth-order valence-electron chi connectivity index (χ4n) is 3.54. The van der Waals surface area contributed by atoms with Crippen LogP contribution >= 0.6 is 27.7 Å². The number of hydrogen-bond donors (Lipinski definition) is 0. The highest BCUT2D eigenvalue weighted by Crippen LogP contribution is 2.38. The molecule has 1 aliphatic rings. The van der Waals surface area contributed by atoms with Crippen molar-refractivity contribution in [1.29, 1.82) is 5.26 Å². The molecule has 38 heavy (non-hydrogen) atoms. The van der Waals surface area contributed by atoms with E-state index in [-0.39, 0.29) is 12.5 Å². The number of ether oxygens (including phenoxy) is 3. The molecule has 8 nitrogen and oxygen atoms in total. The molecule has 0 unspecified atom stereocenters. The first-order valence-corrected chi connectivity index (χ1v) is 12.9. The van der Waals surface area contributed by atoms with Crippen molar-refractivity contribution in [2.75, 3.05) is 21.3 Å². The lowest BCUT2D eigenvalue weighted by Gasteiger charge is -2.13. The zero-order chi connectivity index (χ0) is 27.2. The Morgan fingerprint density at radius 2 is 1.87 bits per heavy atom. The number of methoxy groups -OCH3 is 2. The molecule has 1 aliphatic heterocycles. The SMILES string of the molecule is COC(=O)c1ccc(N=C2S/C(=C\c3cc(OC)c(OCc4ccccc4C#N)cc3Br)C(=O)N2C)cc1. The second kappa shape index (κ2) is 12.0. The van der Waals surface area contributed by atoms with Crippen LogP contribution in [0, 0.1) is 11.3 Å². The van der Waals surface area contributed by atoms with Crippen molar-refractivity contribution in [3.05, 3.63) is 92.3 Å². The van der Waals surface area contributed by atoms with E-state index in [1.54, 1.807) is 61.7 Å². The van der Waals surface area contributed by atoms with Crippen LogP contribution in [0.5, 0.6) is 11.5 Å². The van der Waals surface area contributed by atoms with Gasteiger partial charge in [-0.3, -0.25) is 9.69 Å². The summed E-state index contributed by atoms with van der Waals surface area (Å²) in [4.78, 5) is 31.1. The highest BCUT2D eigenvalue weighted by molar-refractivity contribution is 9.10. The van der Waals surface area contributed by atoms with Crippen LogP contribution in [0.3, 0.4) is 0 Å². The van der Waals surface area contributed by atoms with Gasteiger partial charge < -0.3 is 14.2 Å². The molecule has 0 bridgehead atoms. The topological polar surface area (TPSA) is 101 Å². The minimum Gasteiger partial charge on any atom is -0.493 e. The number of carbonyl (C=O) groups is 2. The van der Waals surface area contributed by atoms with E-state index in [4.69, 9.17) is 14.2 Å². The molecular formula is C28H22BrN3O5S. The van der Waals surface area contributed by atoms with Gasteiger partial charge in [0.2, 0.25) is 0 Å². The summed E-state index contributed by atoms with van der Waals surface area (Å²) in [7, 11) is 4.52. The number of nitrogens with zero attached hydrogens (tertiary/aromatic N) is 3. The third-order valence-electron chi connectivity index (χ3n) is 5.61. The maximum absolute atomic E-state index is 12.9. The van der Waals surface area contributed by atoms with Gasteiger partial charge >= 0.3 is 5.97 Å². The first kappa shape index (κ1) is 27.0. The summed E-state index contributed by atoms with van der Waals surface area (Å²) in [5, 5.41) is 9.82. The second-order valence-electron chi connectivity index (χ2n) is 7.99. The number of halogens is 1. The molecule has 1 heterocycles. The quantitative estimate of drug-likeness (QED) is 0.248. The standard InChI is InChI=1S/C28H22BrN3O5S/c1-32-26(33)25(38-28(32)31-21-10-8-17(9-11-21)27(34)36-3)13-20-12-23(35-2)24(14-22(20)29)37-16-19-7-5-4-6-18(19)15-30/h4-14H,16H2,1-3H3/b25-13-,31-28?. The number of likely N-dealkylation sites (N-methyl/N-ethyl adjacent to an activating group) is 1. The van der Waals surface area contributed by atoms with Gasteiger partial charge in [-0.2, -0.15) is 5.26 Å². The van der Waals surface area contributed by atoms with Crippen LogP contribution in [0.2, 0.25) is 0 Å². The molecule has 192 valence electrons. The monoisotopic (exact) mass is 591 g/mol. The van der Waals surface area contributed by atoms with Gasteiger partial charge in [-0.05, 0) is 65.9 Å². The molecule has 1 amide bonds. The Labute approximate surface area is 232 Å². The largest absolute Gasteiger partial charge is 0.493 e. The lowest BCUT2D eigenvalue weighted by molar-refractivity contribution is -0.121. The Kier molecular flexibility index (Phi) is 8.51. The molecule has 0 spiro atoms. The van der Waals surface area contributed by atoms with E-state index in [9.17, 15) is 14.9 Å². The van der Waals surface area contributed by atoms with Crippen LogP contribution in [0.1, 0.15) is 27.0 Å². The van der Waals surface area contributed by atoms with Gasteiger partial charge in [-0.1, -0.05) is 34.1 Å². The number of benzene rings is 3. The van der Waals surface area contributed by atoms with Crippen molar-refractivity contribution in [1.82, 2.24) is 4.90 Å². The van der Waals surface area contributed by atoms with Crippen molar-refractivity contribution in [3.63, 3.8) is 0 Å². The first-order valence-electron chi connectivity index (χ1n) is 11.3. The van der Waals surface area contributed by atoms with Crippen molar-refractivity contribution in [3.8, 4) is 17.6 Å². The molecule has 0 saturated carbocycles. The Bertz CT molecular complexity index is 1500. The zero-order valence-electron chi connectivity index (χ0n) is 20.7. The number of thioether (sulfide) groups is 1. The molecular weight excluding hydrogens is 570 g/mol. The molecule has 1 saturated heterocycles. The second-order valence-corrected chi connectivity index (χ2v) is 9.85. The van der Waals surface area contributed by atoms with Crippen LogP contribution < -0.4 is 9.47 Å². The molecule has 4 rings (SSSR count). The summed E-state index contributed by atoms with van der Waals surface area (Å²) >= 11 is 4.81. The number of nitriles is 1. The van der Waals surface area contributed by atoms with Crippen LogP contribution in [0.4, 0.5) is 5.69 Å². The molecule has 3 aromatic carbocycles. The summed E-state index contributed by atoms with van der Waals surface area (Å²) < 4.78 is 16.9. The highest BCUT2D eigenvalue weighted by atomic mass is 79.9. The molecule has 0 aliphatic carbocycles. The summed E-state index contributed by atoms with van der Waals surface area (Å²) in [6.07, 6.45) is 1.76. The average Bonchev–Trinajstić information content (AvgIpc) is 3.20. The highest BCUT2D eigenvalue weighted by Gasteiger charge is 2.30. The Hall–Kier alpha value is -4.07. The molecule has 0 radical (unpaired) electrons. The van der Waals surface area contributed by atoms with Gasteiger partial charge in [-0.15, -0.1) is 0 Å². The normalized spacial score (nSPS) is 15.0. The van der Waals surface area contributed by atoms with Crippen molar-refractivity contribution in [2.45, 2.75) is 6.61 Å². The third kappa shape index (κ3) is 5.90. The fourth-order valence-corrected chi connectivity index (χ4v) is 4.95. The Balaban J connectivity index is 1.55. The summed E-state index contributed by atoms with van der Waals surface area (Å²) in [5.74, 6) is 0.355. The number of rotatable bonds is 7. The van der Waals surface area contributed by atoms with Crippen LogP contribution in [0.15, 0.2) is 75.0 Å². The van der Waals surface area contributed by atoms with E-state index < -0.39 is 5.97 Å². The van der Waals surface area contributed by atoms with Crippen molar-refractivity contribution in [2.24, 2.45) is 4.99 Å². The van der Waals surface area contributed by atoms with Gasteiger partial charge in [0.15, 0.2) is 16.7 Å². The first-order chi connectivity index (χ1) is 18.3. The van der Waals surface area contributed by atoms with Crippen molar-refractivity contribution >= 4 is 56.5 Å². The minimum atomic E-state index is -0.429. The number of amidine groups is 1. The third-order valence-corrected chi connectivity index (χ3v) is 7.35. The average molecular weight is 592 g/mol. The summed E-state index contributed by atoms with van der Waals surface area (Å²) in [6.45, 7) is 0.201. The Morgan fingerprint density at radius 1 is 1.13 bits per heavy atom. The van der Waals surface area contributed by atoms with E-state index in [2.05, 4.69) is 27.0 Å². The van der Waals surface area contributed by atoms with E-state index >= 15 is 0 Å². The number of aliphatic imine (C=N–C) groups is 1. The van der Waals surface area contributed by atoms with Crippen molar-refractivity contribution < 1.29 is 23.8 Å². The van der Waals surface area contributed by atoms with Gasteiger partial charge in [0.05, 0.1) is 42.0 Å². The van der Waals surface area contributed by atoms with Gasteiger partial charge in [0, 0.05) is 17.1 Å². The van der Waals surface area contributed by atoms with E-state index in [1.807, 2.05) is 12.1 Å². The molecule has 0 aromatic heterocycles. The molecule has 10 heteroatoms. The van der Waals surface area contributed by atoms with E-state index in [0.29, 0.717) is 42.9 Å². The smallest absolute Gasteiger partial charge is 0.337 e. The molecule has 1 fully saturated rings.